The molecule has 2 nitrogen and oxygen atoms in total. The lowest BCUT2D eigenvalue weighted by atomic mass is 10.3. The van der Waals surface area contributed by atoms with Gasteiger partial charge >= 0.3 is 0 Å². The number of pyridine rings is 1. The van der Waals surface area contributed by atoms with Crippen LogP contribution < -0.4 is 0 Å². The van der Waals surface area contributed by atoms with Gasteiger partial charge in [-0.05, 0) is 11.6 Å². The number of aliphatic hydroxyl groups excluding tert-OH is 1. The molecule has 0 atom stereocenters. The Bertz CT molecular complexity index is 227. The molecule has 1 aromatic rings. The molecule has 66 valence electrons. The second-order valence-electron chi connectivity index (χ2n) is 2.27. The van der Waals surface area contributed by atoms with Gasteiger partial charge in [0.25, 0.3) is 0 Å². The van der Waals surface area contributed by atoms with Gasteiger partial charge in [0.1, 0.15) is 5.15 Å². The maximum Gasteiger partial charge on any atom is 0.129 e. The van der Waals surface area contributed by atoms with Crippen LogP contribution in [0.3, 0.4) is 0 Å². The molecule has 1 heterocycles. The van der Waals surface area contributed by atoms with Gasteiger partial charge in [-0.1, -0.05) is 17.7 Å². The highest BCUT2D eigenvalue weighted by molar-refractivity contribution is 7.98. The van der Waals surface area contributed by atoms with Crippen LogP contribution in [0.1, 0.15) is 5.56 Å². The quantitative estimate of drug-likeness (QED) is 0.600. The van der Waals surface area contributed by atoms with Crippen molar-refractivity contribution < 1.29 is 5.11 Å². The van der Waals surface area contributed by atoms with Crippen LogP contribution >= 0.6 is 23.4 Å². The first-order chi connectivity index (χ1) is 5.83. The molecule has 4 heteroatoms. The van der Waals surface area contributed by atoms with Crippen LogP contribution in [-0.4, -0.2) is 22.5 Å². The maximum absolute atomic E-state index is 8.53. The predicted octanol–water partition coefficient (Wildman–Crippen LogP) is 1.96. The van der Waals surface area contributed by atoms with E-state index >= 15 is 0 Å². The Hall–Kier alpha value is -0.250. The molecule has 0 bridgehead atoms. The van der Waals surface area contributed by atoms with E-state index in [0.29, 0.717) is 5.15 Å². The van der Waals surface area contributed by atoms with Crippen LogP contribution in [0, 0.1) is 0 Å². The second kappa shape index (κ2) is 5.41. The van der Waals surface area contributed by atoms with Crippen molar-refractivity contribution in [2.75, 3.05) is 12.4 Å². The third kappa shape index (κ3) is 3.43. The molecule has 0 saturated carbocycles. The van der Waals surface area contributed by atoms with Crippen molar-refractivity contribution in [1.82, 2.24) is 4.98 Å². The van der Waals surface area contributed by atoms with Crippen LogP contribution in [0.5, 0.6) is 0 Å². The smallest absolute Gasteiger partial charge is 0.129 e. The summed E-state index contributed by atoms with van der Waals surface area (Å²) >= 11 is 7.29. The Balaban J connectivity index is 2.37. The number of hydrogen-bond donors (Lipinski definition) is 1. The number of thioether (sulfide) groups is 1. The van der Waals surface area contributed by atoms with Crippen LogP contribution in [0.2, 0.25) is 5.15 Å². The molecule has 1 aromatic heterocycles. The van der Waals surface area contributed by atoms with E-state index in [0.717, 1.165) is 17.1 Å². The molecule has 0 saturated heterocycles. The van der Waals surface area contributed by atoms with Gasteiger partial charge in [0.2, 0.25) is 0 Å². The molecule has 12 heavy (non-hydrogen) atoms. The first-order valence-electron chi connectivity index (χ1n) is 3.62. The molecule has 1 N–H and O–H groups in total. The lowest BCUT2D eigenvalue weighted by molar-refractivity contribution is 0.322. The minimum absolute atomic E-state index is 0.228. The maximum atomic E-state index is 8.53. The molecule has 0 aliphatic heterocycles. The van der Waals surface area contributed by atoms with Gasteiger partial charge in [0.05, 0.1) is 6.61 Å². The Morgan fingerprint density at radius 2 is 2.33 bits per heavy atom. The number of aliphatic hydroxyl groups is 1. The summed E-state index contributed by atoms with van der Waals surface area (Å²) in [5.74, 6) is 1.65. The average Bonchev–Trinajstić information content (AvgIpc) is 2.09. The Labute approximate surface area is 81.0 Å². The monoisotopic (exact) mass is 203 g/mol. The Morgan fingerprint density at radius 3 is 2.92 bits per heavy atom. The van der Waals surface area contributed by atoms with Gasteiger partial charge < -0.3 is 5.11 Å². The third-order valence-electron chi connectivity index (χ3n) is 1.29. The molecular weight excluding hydrogens is 194 g/mol. The zero-order valence-electron chi connectivity index (χ0n) is 6.53. The summed E-state index contributed by atoms with van der Waals surface area (Å²) in [7, 11) is 0. The summed E-state index contributed by atoms with van der Waals surface area (Å²) in [6, 6.07) is 3.72. The topological polar surface area (TPSA) is 33.1 Å². The first-order valence-corrected chi connectivity index (χ1v) is 5.15. The number of rotatable bonds is 4. The lowest BCUT2D eigenvalue weighted by Gasteiger charge is -1.98. The molecule has 0 aromatic carbocycles. The van der Waals surface area contributed by atoms with E-state index in [9.17, 15) is 0 Å². The molecule has 0 radical (unpaired) electrons. The van der Waals surface area contributed by atoms with Gasteiger partial charge in [-0.2, -0.15) is 11.8 Å². The lowest BCUT2D eigenvalue weighted by Crippen LogP contribution is -1.88. The van der Waals surface area contributed by atoms with Crippen molar-refractivity contribution in [3.63, 3.8) is 0 Å². The number of aromatic nitrogens is 1. The van der Waals surface area contributed by atoms with E-state index in [1.54, 1.807) is 24.0 Å². The fourth-order valence-corrected chi connectivity index (χ4v) is 1.54. The highest BCUT2D eigenvalue weighted by Crippen LogP contribution is 2.12. The van der Waals surface area contributed by atoms with Gasteiger partial charge in [-0.25, -0.2) is 4.98 Å². The van der Waals surface area contributed by atoms with Crippen LogP contribution in [0.25, 0.3) is 0 Å². The molecule has 0 aliphatic rings. The summed E-state index contributed by atoms with van der Waals surface area (Å²) in [5, 5.41) is 9.05. The van der Waals surface area contributed by atoms with Crippen molar-refractivity contribution in [3.8, 4) is 0 Å². The fraction of sp³-hybridized carbons (Fsp3) is 0.375. The Kier molecular flexibility index (Phi) is 4.43. The van der Waals surface area contributed by atoms with E-state index in [1.807, 2.05) is 6.07 Å². The van der Waals surface area contributed by atoms with Gasteiger partial charge in [-0.15, -0.1) is 0 Å². The minimum atomic E-state index is 0.228. The molecule has 0 spiro atoms. The number of nitrogens with zero attached hydrogens (tertiary/aromatic N) is 1. The predicted molar refractivity (Wildman–Crippen MR) is 52.5 cm³/mol. The summed E-state index contributed by atoms with van der Waals surface area (Å²) in [6.07, 6.45) is 1.76. The Morgan fingerprint density at radius 1 is 1.50 bits per heavy atom. The molecule has 0 aliphatic carbocycles. The largest absolute Gasteiger partial charge is 0.396 e. The van der Waals surface area contributed by atoms with E-state index in [-0.39, 0.29) is 6.61 Å². The van der Waals surface area contributed by atoms with E-state index in [1.165, 1.54) is 0 Å². The van der Waals surface area contributed by atoms with Crippen LogP contribution in [-0.2, 0) is 5.75 Å². The van der Waals surface area contributed by atoms with Gasteiger partial charge in [0.15, 0.2) is 0 Å². The SMILES string of the molecule is OCCSCc1ccc(Cl)nc1. The summed E-state index contributed by atoms with van der Waals surface area (Å²) in [5.41, 5.74) is 1.14. The third-order valence-corrected chi connectivity index (χ3v) is 2.53. The van der Waals surface area contributed by atoms with E-state index < -0.39 is 0 Å². The zero-order valence-corrected chi connectivity index (χ0v) is 8.11. The minimum Gasteiger partial charge on any atom is -0.396 e. The van der Waals surface area contributed by atoms with E-state index in [4.69, 9.17) is 16.7 Å². The van der Waals surface area contributed by atoms with Crippen LogP contribution in [0.15, 0.2) is 18.3 Å². The van der Waals surface area contributed by atoms with Crippen molar-refractivity contribution >= 4 is 23.4 Å². The second-order valence-corrected chi connectivity index (χ2v) is 3.76. The van der Waals surface area contributed by atoms with Crippen LogP contribution in [0.4, 0.5) is 0 Å². The fourth-order valence-electron chi connectivity index (χ4n) is 0.746. The highest BCUT2D eigenvalue weighted by Gasteiger charge is 1.93. The summed E-state index contributed by atoms with van der Waals surface area (Å²) in [4.78, 5) is 3.95. The number of hydrogen-bond acceptors (Lipinski definition) is 3. The molecular formula is C8H10ClNOS. The highest BCUT2D eigenvalue weighted by atomic mass is 35.5. The van der Waals surface area contributed by atoms with Crippen molar-refractivity contribution in [2.45, 2.75) is 5.75 Å². The molecule has 0 unspecified atom stereocenters. The van der Waals surface area contributed by atoms with E-state index in [2.05, 4.69) is 4.98 Å². The summed E-state index contributed by atoms with van der Waals surface area (Å²) in [6.45, 7) is 0.228. The van der Waals surface area contributed by atoms with Gasteiger partial charge in [-0.3, -0.25) is 0 Å². The normalized spacial score (nSPS) is 10.2. The standard InChI is InChI=1S/C8H10ClNOS/c9-8-2-1-7(5-10-8)6-12-4-3-11/h1-2,5,11H,3-4,6H2. The summed E-state index contributed by atoms with van der Waals surface area (Å²) < 4.78 is 0. The molecule has 0 fully saturated rings. The molecule has 1 rings (SSSR count). The van der Waals surface area contributed by atoms with Crippen molar-refractivity contribution in [1.29, 1.82) is 0 Å². The zero-order chi connectivity index (χ0) is 8.81. The van der Waals surface area contributed by atoms with Gasteiger partial charge in [0, 0.05) is 17.7 Å². The molecule has 0 amide bonds. The first kappa shape index (κ1) is 9.84. The number of halogens is 1. The average molecular weight is 204 g/mol. The van der Waals surface area contributed by atoms with Crippen molar-refractivity contribution in [2.24, 2.45) is 0 Å². The van der Waals surface area contributed by atoms with Crippen molar-refractivity contribution in [3.05, 3.63) is 29.0 Å².